The molecule has 0 spiro atoms. The van der Waals surface area contributed by atoms with E-state index in [0.717, 1.165) is 47.8 Å². The van der Waals surface area contributed by atoms with Crippen molar-refractivity contribution in [3.05, 3.63) is 73.8 Å². The molecule has 0 saturated carbocycles. The number of hydrogen-bond donors (Lipinski definition) is 0. The zero-order valence-corrected chi connectivity index (χ0v) is 22.4. The molecule has 2 aromatic carbocycles. The lowest BCUT2D eigenvalue weighted by Gasteiger charge is -2.31. The zero-order chi connectivity index (χ0) is 25.1. The van der Waals surface area contributed by atoms with Crippen molar-refractivity contribution in [2.24, 2.45) is 0 Å². The van der Waals surface area contributed by atoms with Crippen LogP contribution in [0.25, 0.3) is 22.6 Å². The summed E-state index contributed by atoms with van der Waals surface area (Å²) in [5, 5.41) is 8.91. The van der Waals surface area contributed by atoms with E-state index in [2.05, 4.69) is 15.5 Å². The molecule has 1 aliphatic heterocycles. The van der Waals surface area contributed by atoms with Crippen molar-refractivity contribution < 1.29 is 9.32 Å². The van der Waals surface area contributed by atoms with Gasteiger partial charge in [-0.15, -0.1) is 11.3 Å². The molecule has 6 nitrogen and oxygen atoms in total. The first-order chi connectivity index (χ1) is 17.5. The van der Waals surface area contributed by atoms with E-state index in [1.54, 1.807) is 29.5 Å². The third-order valence-corrected chi connectivity index (χ3v) is 8.28. The Morgan fingerprint density at radius 1 is 1.00 bits per heavy atom. The van der Waals surface area contributed by atoms with Gasteiger partial charge in [-0.05, 0) is 55.7 Å². The first-order valence-electron chi connectivity index (χ1n) is 11.7. The summed E-state index contributed by atoms with van der Waals surface area (Å²) < 4.78 is 5.35. The van der Waals surface area contributed by atoms with Crippen LogP contribution >= 0.6 is 46.1 Å². The van der Waals surface area contributed by atoms with Crippen LogP contribution in [0.5, 0.6) is 0 Å². The number of likely N-dealkylation sites (tertiary alicyclic amines) is 1. The van der Waals surface area contributed by atoms with Crippen molar-refractivity contribution in [1.82, 2.24) is 20.0 Å². The molecule has 36 heavy (non-hydrogen) atoms. The fourth-order valence-electron chi connectivity index (χ4n) is 4.26. The summed E-state index contributed by atoms with van der Waals surface area (Å²) in [5.41, 5.74) is 2.71. The minimum Gasteiger partial charge on any atom is -0.343 e. The quantitative estimate of drug-likeness (QED) is 0.233. The lowest BCUT2D eigenvalue weighted by atomic mass is 9.97. The molecular weight excluding hydrogens is 539 g/mol. The maximum Gasteiger partial charge on any atom is 0.226 e. The second-order valence-electron chi connectivity index (χ2n) is 8.73. The summed E-state index contributed by atoms with van der Waals surface area (Å²) in [5.74, 6) is 1.59. The molecule has 5 rings (SSSR count). The number of piperidine rings is 1. The second kappa shape index (κ2) is 11.3. The molecule has 1 fully saturated rings. The fraction of sp³-hybridized carbons (Fsp3) is 0.308. The van der Waals surface area contributed by atoms with Gasteiger partial charge in [0.25, 0.3) is 0 Å². The number of nitrogens with zero attached hydrogens (tertiary/aromatic N) is 4. The molecule has 4 aromatic rings. The Labute approximate surface area is 228 Å². The Morgan fingerprint density at radius 3 is 2.50 bits per heavy atom. The molecule has 1 aliphatic rings. The molecule has 0 N–H and O–H groups in total. The van der Waals surface area contributed by atoms with Crippen LogP contribution in [0.4, 0.5) is 0 Å². The van der Waals surface area contributed by atoms with Gasteiger partial charge in [0.2, 0.25) is 17.6 Å². The van der Waals surface area contributed by atoms with Gasteiger partial charge >= 0.3 is 0 Å². The third kappa shape index (κ3) is 5.92. The van der Waals surface area contributed by atoms with Crippen LogP contribution in [-0.2, 0) is 11.2 Å². The van der Waals surface area contributed by atoms with Crippen molar-refractivity contribution in [2.75, 3.05) is 13.1 Å². The number of benzene rings is 2. The number of amides is 1. The van der Waals surface area contributed by atoms with Crippen molar-refractivity contribution in [1.29, 1.82) is 0 Å². The molecule has 0 atom stereocenters. The van der Waals surface area contributed by atoms with Gasteiger partial charge in [-0.3, -0.25) is 4.79 Å². The number of hydrogen-bond acceptors (Lipinski definition) is 6. The molecule has 2 aromatic heterocycles. The van der Waals surface area contributed by atoms with Crippen molar-refractivity contribution in [3.63, 3.8) is 0 Å². The zero-order valence-electron chi connectivity index (χ0n) is 19.3. The number of aromatic nitrogens is 3. The molecule has 3 heterocycles. The molecule has 0 radical (unpaired) electrons. The second-order valence-corrected chi connectivity index (χ2v) is 10.9. The van der Waals surface area contributed by atoms with Gasteiger partial charge in [0.1, 0.15) is 0 Å². The lowest BCUT2D eigenvalue weighted by Crippen LogP contribution is -2.37. The highest BCUT2D eigenvalue weighted by molar-refractivity contribution is 7.10. The van der Waals surface area contributed by atoms with E-state index < -0.39 is 0 Å². The lowest BCUT2D eigenvalue weighted by molar-refractivity contribution is -0.132. The first kappa shape index (κ1) is 25.2. The summed E-state index contributed by atoms with van der Waals surface area (Å²) >= 11 is 19.8. The predicted molar refractivity (Wildman–Crippen MR) is 144 cm³/mol. The van der Waals surface area contributed by atoms with E-state index in [1.807, 2.05) is 29.2 Å². The highest BCUT2D eigenvalue weighted by atomic mass is 35.5. The minimum atomic E-state index is 0.168. The van der Waals surface area contributed by atoms with Crippen LogP contribution in [0.2, 0.25) is 15.1 Å². The molecule has 1 amide bonds. The van der Waals surface area contributed by atoms with Gasteiger partial charge in [-0.1, -0.05) is 46.0 Å². The number of rotatable bonds is 7. The molecule has 0 unspecified atom stereocenters. The van der Waals surface area contributed by atoms with Crippen LogP contribution in [0.3, 0.4) is 0 Å². The van der Waals surface area contributed by atoms with E-state index in [0.29, 0.717) is 52.0 Å². The highest BCUT2D eigenvalue weighted by Crippen LogP contribution is 2.34. The average molecular weight is 562 g/mol. The van der Waals surface area contributed by atoms with E-state index in [1.165, 1.54) is 0 Å². The molecular formula is C26H23Cl3N4O2S. The third-order valence-electron chi connectivity index (χ3n) is 6.29. The Hall–Kier alpha value is -2.45. The van der Waals surface area contributed by atoms with Crippen LogP contribution in [0.15, 0.2) is 52.4 Å². The molecule has 10 heteroatoms. The van der Waals surface area contributed by atoms with Crippen LogP contribution in [0.1, 0.15) is 42.5 Å². The van der Waals surface area contributed by atoms with Gasteiger partial charge in [-0.25, -0.2) is 4.98 Å². The molecule has 0 bridgehead atoms. The number of thiazole rings is 1. The summed E-state index contributed by atoms with van der Waals surface area (Å²) in [4.78, 5) is 24.0. The van der Waals surface area contributed by atoms with Crippen molar-refractivity contribution >= 4 is 52.0 Å². The molecule has 0 aliphatic carbocycles. The SMILES string of the molecule is O=C(CCCc1nc(-c2ccc(Cl)cc2)no1)N1CCC(c2nc(-c3ccc(Cl)c(Cl)c3)cs2)CC1. The van der Waals surface area contributed by atoms with Gasteiger partial charge < -0.3 is 9.42 Å². The van der Waals surface area contributed by atoms with Crippen molar-refractivity contribution in [3.8, 4) is 22.6 Å². The van der Waals surface area contributed by atoms with Crippen molar-refractivity contribution in [2.45, 2.75) is 38.0 Å². The van der Waals surface area contributed by atoms with Gasteiger partial charge in [-0.2, -0.15) is 4.98 Å². The number of aryl methyl sites for hydroxylation is 1. The van der Waals surface area contributed by atoms with E-state index >= 15 is 0 Å². The molecule has 186 valence electrons. The Bertz CT molecular complexity index is 1350. The van der Waals surface area contributed by atoms with E-state index in [9.17, 15) is 4.79 Å². The number of carbonyl (C=O) groups is 1. The van der Waals surface area contributed by atoms with Crippen LogP contribution in [0, 0.1) is 0 Å². The standard InChI is InChI=1S/C26H23Cl3N4O2S/c27-19-7-4-16(5-8-19)25-31-23(35-32-25)2-1-3-24(34)33-12-10-17(11-13-33)26-30-22(15-36-26)18-6-9-20(28)21(29)14-18/h4-9,14-15,17H,1-3,10-13H2. The largest absolute Gasteiger partial charge is 0.343 e. The summed E-state index contributed by atoms with van der Waals surface area (Å²) in [6.07, 6.45) is 3.52. The molecule has 1 saturated heterocycles. The van der Waals surface area contributed by atoms with Gasteiger partial charge in [0.15, 0.2) is 0 Å². The fourth-order valence-corrected chi connectivity index (χ4v) is 5.69. The minimum absolute atomic E-state index is 0.168. The summed E-state index contributed by atoms with van der Waals surface area (Å²) in [7, 11) is 0. The van der Waals surface area contributed by atoms with E-state index in [-0.39, 0.29) is 5.91 Å². The Morgan fingerprint density at radius 2 is 1.75 bits per heavy atom. The number of carbonyl (C=O) groups excluding carboxylic acids is 1. The Kier molecular flexibility index (Phi) is 7.91. The summed E-state index contributed by atoms with van der Waals surface area (Å²) in [6.45, 7) is 1.49. The summed E-state index contributed by atoms with van der Waals surface area (Å²) in [6, 6.07) is 12.8. The predicted octanol–water partition coefficient (Wildman–Crippen LogP) is 7.55. The van der Waals surface area contributed by atoms with Gasteiger partial charge in [0, 0.05) is 53.4 Å². The first-order valence-corrected chi connectivity index (χ1v) is 13.7. The topological polar surface area (TPSA) is 72.1 Å². The van der Waals surface area contributed by atoms with Crippen LogP contribution < -0.4 is 0 Å². The van der Waals surface area contributed by atoms with E-state index in [4.69, 9.17) is 44.3 Å². The number of halogens is 3. The Balaban J connectivity index is 1.08. The maximum atomic E-state index is 12.7. The van der Waals surface area contributed by atoms with Gasteiger partial charge in [0.05, 0.1) is 20.7 Å². The van der Waals surface area contributed by atoms with Crippen LogP contribution in [-0.4, -0.2) is 39.0 Å². The maximum absolute atomic E-state index is 12.7. The monoisotopic (exact) mass is 560 g/mol. The average Bonchev–Trinajstić information content (AvgIpc) is 3.57. The normalized spacial score (nSPS) is 14.4. The highest BCUT2D eigenvalue weighted by Gasteiger charge is 2.26. The smallest absolute Gasteiger partial charge is 0.226 e.